The lowest BCUT2D eigenvalue weighted by Crippen LogP contribution is -2.19. The molecule has 0 aliphatic heterocycles. The SMILES string of the molecule is O=C(N/N=C\c1cccc(O)c1)c1ncn[nH]1. The second-order valence-electron chi connectivity index (χ2n) is 3.13. The number of rotatable bonds is 3. The van der Waals surface area contributed by atoms with Gasteiger partial charge in [0.1, 0.15) is 12.1 Å². The molecule has 3 N–H and O–H groups in total. The Labute approximate surface area is 96.2 Å². The summed E-state index contributed by atoms with van der Waals surface area (Å²) in [7, 11) is 0. The van der Waals surface area contributed by atoms with Gasteiger partial charge in [0.2, 0.25) is 5.82 Å². The maximum Gasteiger partial charge on any atom is 0.308 e. The number of carbonyl (C=O) groups is 1. The van der Waals surface area contributed by atoms with Crippen molar-refractivity contribution in [3.63, 3.8) is 0 Å². The minimum absolute atomic E-state index is 0.0815. The van der Waals surface area contributed by atoms with Crippen molar-refractivity contribution >= 4 is 12.1 Å². The number of amides is 1. The number of hydrogen-bond acceptors (Lipinski definition) is 5. The molecule has 0 unspecified atom stereocenters. The van der Waals surface area contributed by atoms with Crippen molar-refractivity contribution in [1.29, 1.82) is 0 Å². The van der Waals surface area contributed by atoms with E-state index in [1.54, 1.807) is 18.2 Å². The van der Waals surface area contributed by atoms with Crippen LogP contribution in [0.4, 0.5) is 0 Å². The first-order valence-corrected chi connectivity index (χ1v) is 4.73. The molecule has 0 atom stereocenters. The summed E-state index contributed by atoms with van der Waals surface area (Å²) in [6.07, 6.45) is 2.64. The number of phenolic OH excluding ortho intramolecular Hbond substituents is 1. The predicted molar refractivity (Wildman–Crippen MR) is 59.5 cm³/mol. The van der Waals surface area contributed by atoms with Gasteiger partial charge in [0, 0.05) is 0 Å². The number of hydrazone groups is 1. The van der Waals surface area contributed by atoms with Crippen molar-refractivity contribution in [1.82, 2.24) is 20.6 Å². The van der Waals surface area contributed by atoms with Crippen LogP contribution in [-0.4, -0.2) is 32.4 Å². The highest BCUT2D eigenvalue weighted by Crippen LogP contribution is 2.08. The van der Waals surface area contributed by atoms with Crippen molar-refractivity contribution in [2.45, 2.75) is 0 Å². The zero-order chi connectivity index (χ0) is 12.1. The summed E-state index contributed by atoms with van der Waals surface area (Å²) in [4.78, 5) is 15.0. The average Bonchev–Trinajstić information content (AvgIpc) is 2.82. The number of aromatic hydroxyl groups is 1. The number of benzene rings is 1. The molecule has 0 radical (unpaired) electrons. The predicted octanol–water partition coefficient (Wildman–Crippen LogP) is 0.274. The third kappa shape index (κ3) is 2.88. The molecule has 0 aliphatic carbocycles. The number of phenols is 1. The second kappa shape index (κ2) is 4.88. The van der Waals surface area contributed by atoms with Gasteiger partial charge < -0.3 is 5.11 Å². The van der Waals surface area contributed by atoms with E-state index in [1.807, 2.05) is 0 Å². The number of hydrogen-bond donors (Lipinski definition) is 3. The first kappa shape index (κ1) is 10.8. The van der Waals surface area contributed by atoms with E-state index in [2.05, 4.69) is 25.7 Å². The Morgan fingerprint density at radius 2 is 2.41 bits per heavy atom. The maximum absolute atomic E-state index is 11.4. The van der Waals surface area contributed by atoms with Crippen LogP contribution in [0.5, 0.6) is 5.75 Å². The summed E-state index contributed by atoms with van der Waals surface area (Å²) in [6.45, 7) is 0. The fourth-order valence-corrected chi connectivity index (χ4v) is 1.14. The quantitative estimate of drug-likeness (QED) is 0.521. The fourth-order valence-electron chi connectivity index (χ4n) is 1.14. The molecule has 2 rings (SSSR count). The summed E-state index contributed by atoms with van der Waals surface area (Å²) in [5.41, 5.74) is 2.94. The summed E-state index contributed by atoms with van der Waals surface area (Å²) < 4.78 is 0. The molecular weight excluding hydrogens is 222 g/mol. The van der Waals surface area contributed by atoms with Gasteiger partial charge in [0.25, 0.3) is 0 Å². The standard InChI is InChI=1S/C10H9N5O2/c16-8-3-1-2-7(4-8)5-12-15-10(17)9-11-6-13-14-9/h1-6,16H,(H,15,17)(H,11,13,14)/b12-5-. The molecule has 7 heteroatoms. The highest BCUT2D eigenvalue weighted by molar-refractivity contribution is 5.91. The average molecular weight is 231 g/mol. The third-order valence-electron chi connectivity index (χ3n) is 1.88. The van der Waals surface area contributed by atoms with Crippen LogP contribution in [0, 0.1) is 0 Å². The van der Waals surface area contributed by atoms with Crippen LogP contribution in [0.1, 0.15) is 16.2 Å². The number of aromatic amines is 1. The lowest BCUT2D eigenvalue weighted by molar-refractivity contribution is 0.0945. The monoisotopic (exact) mass is 231 g/mol. The van der Waals surface area contributed by atoms with Crippen LogP contribution < -0.4 is 5.43 Å². The first-order valence-electron chi connectivity index (χ1n) is 4.73. The number of carbonyl (C=O) groups excluding carboxylic acids is 1. The summed E-state index contributed by atoms with van der Waals surface area (Å²) in [5.74, 6) is -0.271. The largest absolute Gasteiger partial charge is 0.508 e. The van der Waals surface area contributed by atoms with Gasteiger partial charge in [-0.05, 0) is 17.7 Å². The molecule has 0 bridgehead atoms. The Morgan fingerprint density at radius 3 is 3.12 bits per heavy atom. The van der Waals surface area contributed by atoms with Crippen LogP contribution in [-0.2, 0) is 0 Å². The minimum Gasteiger partial charge on any atom is -0.508 e. The maximum atomic E-state index is 11.4. The Bertz CT molecular complexity index is 535. The van der Waals surface area contributed by atoms with Crippen LogP contribution in [0.3, 0.4) is 0 Å². The molecule has 0 spiro atoms. The van der Waals surface area contributed by atoms with Crippen LogP contribution in [0.2, 0.25) is 0 Å². The Balaban J connectivity index is 1.96. The smallest absolute Gasteiger partial charge is 0.308 e. The van der Waals surface area contributed by atoms with Crippen molar-refractivity contribution in [2.24, 2.45) is 5.10 Å². The van der Waals surface area contributed by atoms with E-state index in [-0.39, 0.29) is 11.6 Å². The van der Waals surface area contributed by atoms with Crippen molar-refractivity contribution in [3.8, 4) is 5.75 Å². The topological polar surface area (TPSA) is 103 Å². The van der Waals surface area contributed by atoms with E-state index >= 15 is 0 Å². The summed E-state index contributed by atoms with van der Waals surface area (Å²) >= 11 is 0. The van der Waals surface area contributed by atoms with Crippen LogP contribution >= 0.6 is 0 Å². The lowest BCUT2D eigenvalue weighted by Gasteiger charge is -1.95. The van der Waals surface area contributed by atoms with E-state index < -0.39 is 5.91 Å². The summed E-state index contributed by atoms with van der Waals surface area (Å²) in [6, 6.07) is 6.48. The van der Waals surface area contributed by atoms with Gasteiger partial charge in [-0.2, -0.15) is 10.2 Å². The molecule has 0 aliphatic rings. The second-order valence-corrected chi connectivity index (χ2v) is 3.13. The molecule has 7 nitrogen and oxygen atoms in total. The Kier molecular flexibility index (Phi) is 3.10. The highest BCUT2D eigenvalue weighted by Gasteiger charge is 2.05. The minimum atomic E-state index is -0.487. The zero-order valence-corrected chi connectivity index (χ0v) is 8.66. The molecular formula is C10H9N5O2. The van der Waals surface area contributed by atoms with Gasteiger partial charge >= 0.3 is 5.91 Å². The molecule has 2 aromatic rings. The van der Waals surface area contributed by atoms with Gasteiger partial charge in [-0.3, -0.25) is 9.89 Å². The Hall–Kier alpha value is -2.70. The Morgan fingerprint density at radius 1 is 1.53 bits per heavy atom. The van der Waals surface area contributed by atoms with Gasteiger partial charge in [-0.1, -0.05) is 12.1 Å². The van der Waals surface area contributed by atoms with Gasteiger partial charge in [0.15, 0.2) is 0 Å². The van der Waals surface area contributed by atoms with E-state index in [0.29, 0.717) is 5.56 Å². The molecule has 1 amide bonds. The van der Waals surface area contributed by atoms with E-state index in [1.165, 1.54) is 18.6 Å². The zero-order valence-electron chi connectivity index (χ0n) is 8.66. The van der Waals surface area contributed by atoms with E-state index in [9.17, 15) is 9.90 Å². The van der Waals surface area contributed by atoms with Crippen molar-refractivity contribution in [2.75, 3.05) is 0 Å². The van der Waals surface area contributed by atoms with Gasteiger partial charge in [0.05, 0.1) is 6.21 Å². The molecule has 1 aromatic heterocycles. The molecule has 86 valence electrons. The lowest BCUT2D eigenvalue weighted by atomic mass is 10.2. The van der Waals surface area contributed by atoms with Crippen LogP contribution in [0.25, 0.3) is 0 Å². The number of nitrogens with zero attached hydrogens (tertiary/aromatic N) is 3. The fraction of sp³-hybridized carbons (Fsp3) is 0. The first-order chi connectivity index (χ1) is 8.25. The molecule has 1 heterocycles. The third-order valence-corrected chi connectivity index (χ3v) is 1.88. The molecule has 1 aromatic carbocycles. The van der Waals surface area contributed by atoms with Gasteiger partial charge in [-0.15, -0.1) is 0 Å². The number of nitrogens with one attached hydrogen (secondary N) is 2. The molecule has 0 fully saturated rings. The normalized spacial score (nSPS) is 10.6. The van der Waals surface area contributed by atoms with E-state index in [0.717, 1.165) is 0 Å². The highest BCUT2D eigenvalue weighted by atomic mass is 16.3. The summed E-state index contributed by atoms with van der Waals surface area (Å²) in [5, 5.41) is 18.9. The van der Waals surface area contributed by atoms with E-state index in [4.69, 9.17) is 0 Å². The van der Waals surface area contributed by atoms with Crippen LogP contribution in [0.15, 0.2) is 35.7 Å². The van der Waals surface area contributed by atoms with Gasteiger partial charge in [-0.25, -0.2) is 10.4 Å². The van der Waals surface area contributed by atoms with Crippen molar-refractivity contribution in [3.05, 3.63) is 42.0 Å². The van der Waals surface area contributed by atoms with Crippen molar-refractivity contribution < 1.29 is 9.90 Å². The molecule has 0 saturated carbocycles. The molecule has 0 saturated heterocycles. The number of aromatic nitrogens is 3. The number of H-pyrrole nitrogens is 1. The molecule has 17 heavy (non-hydrogen) atoms.